The molecule has 2 atom stereocenters. The molecule has 9 heteroatoms. The number of benzene rings is 3. The first kappa shape index (κ1) is 28.8. The second-order valence-corrected chi connectivity index (χ2v) is 12.7. The van der Waals surface area contributed by atoms with Crippen molar-refractivity contribution in [2.24, 2.45) is 0 Å². The van der Waals surface area contributed by atoms with E-state index in [2.05, 4.69) is 15.2 Å². The molecule has 0 unspecified atom stereocenters. The molecule has 2 fully saturated rings. The van der Waals surface area contributed by atoms with Crippen LogP contribution in [0.4, 0.5) is 0 Å². The van der Waals surface area contributed by atoms with Crippen LogP contribution in [0.1, 0.15) is 30.0 Å². The number of H-pyrrole nitrogens is 1. The third-order valence-corrected chi connectivity index (χ3v) is 9.78. The Labute approximate surface area is 255 Å². The minimum atomic E-state index is -1.08. The summed E-state index contributed by atoms with van der Waals surface area (Å²) in [4.78, 5) is 37.0. The average Bonchev–Trinajstić information content (AvgIpc) is 3.54. The Morgan fingerprint density at radius 1 is 1.05 bits per heavy atom. The maximum Gasteiger partial charge on any atom is 0.239 e. The van der Waals surface area contributed by atoms with Gasteiger partial charge in [0.15, 0.2) is 0 Å². The number of hydrogen-bond acceptors (Lipinski definition) is 5. The Morgan fingerprint density at radius 3 is 2.55 bits per heavy atom. The second kappa shape index (κ2) is 12.9. The van der Waals surface area contributed by atoms with Crippen molar-refractivity contribution in [2.75, 3.05) is 39.4 Å². The summed E-state index contributed by atoms with van der Waals surface area (Å²) in [7, 11) is 0. The van der Waals surface area contributed by atoms with E-state index < -0.39 is 10.8 Å². The SMILES string of the molecule is O=C1C[C@](Sc2ccccc2)(C(=O)NCCCN2CCOCC2)[C@H](c2c[nH]c3cc(Cl)ccc23)N1Cc1ccccc1. The van der Waals surface area contributed by atoms with Gasteiger partial charge < -0.3 is 19.9 Å². The van der Waals surface area contributed by atoms with Gasteiger partial charge in [-0.25, -0.2) is 0 Å². The number of amides is 2. The summed E-state index contributed by atoms with van der Waals surface area (Å²) in [5.41, 5.74) is 2.81. The smallest absolute Gasteiger partial charge is 0.239 e. The first-order valence-corrected chi connectivity index (χ1v) is 15.7. The lowest BCUT2D eigenvalue weighted by atomic mass is 9.91. The Balaban J connectivity index is 1.37. The normalized spacial score (nSPS) is 21.2. The lowest BCUT2D eigenvalue weighted by Gasteiger charge is -2.36. The zero-order valence-electron chi connectivity index (χ0n) is 23.4. The Bertz CT molecular complexity index is 1530. The van der Waals surface area contributed by atoms with E-state index in [4.69, 9.17) is 16.3 Å². The zero-order chi connectivity index (χ0) is 28.9. The van der Waals surface area contributed by atoms with E-state index in [1.165, 1.54) is 11.8 Å². The maximum absolute atomic E-state index is 14.5. The fourth-order valence-electron chi connectivity index (χ4n) is 6.06. The van der Waals surface area contributed by atoms with E-state index in [9.17, 15) is 9.59 Å². The molecule has 1 aromatic heterocycles. The van der Waals surface area contributed by atoms with Crippen LogP contribution in [-0.2, 0) is 20.9 Å². The van der Waals surface area contributed by atoms with Crippen molar-refractivity contribution < 1.29 is 14.3 Å². The van der Waals surface area contributed by atoms with Gasteiger partial charge in [0.05, 0.1) is 25.7 Å². The van der Waals surface area contributed by atoms with E-state index >= 15 is 0 Å². The van der Waals surface area contributed by atoms with E-state index in [-0.39, 0.29) is 18.2 Å². The zero-order valence-corrected chi connectivity index (χ0v) is 25.0. The van der Waals surface area contributed by atoms with Gasteiger partial charge in [0.25, 0.3) is 0 Å². The molecule has 2 aliphatic heterocycles. The molecule has 0 aliphatic carbocycles. The van der Waals surface area contributed by atoms with Crippen molar-refractivity contribution in [3.63, 3.8) is 0 Å². The summed E-state index contributed by atoms with van der Waals surface area (Å²) < 4.78 is 4.39. The Kier molecular flexibility index (Phi) is 8.86. The van der Waals surface area contributed by atoms with Gasteiger partial charge >= 0.3 is 0 Å². The van der Waals surface area contributed by atoms with Crippen LogP contribution in [0.25, 0.3) is 10.9 Å². The molecular weight excluding hydrogens is 568 g/mol. The van der Waals surface area contributed by atoms with Gasteiger partial charge in [0, 0.05) is 58.8 Å². The maximum atomic E-state index is 14.5. The van der Waals surface area contributed by atoms with Gasteiger partial charge in [0.1, 0.15) is 4.75 Å². The lowest BCUT2D eigenvalue weighted by Crippen LogP contribution is -2.48. The predicted octanol–water partition coefficient (Wildman–Crippen LogP) is 5.66. The molecule has 0 radical (unpaired) electrons. The highest BCUT2D eigenvalue weighted by atomic mass is 35.5. The number of morpholine rings is 1. The van der Waals surface area contributed by atoms with E-state index in [0.717, 1.165) is 66.2 Å². The van der Waals surface area contributed by atoms with Crippen molar-refractivity contribution in [3.05, 3.63) is 101 Å². The van der Waals surface area contributed by atoms with Crippen LogP contribution in [-0.4, -0.2) is 70.7 Å². The molecule has 0 bridgehead atoms. The Hall–Kier alpha value is -3.30. The highest BCUT2D eigenvalue weighted by Crippen LogP contribution is 2.54. The molecule has 0 saturated carbocycles. The summed E-state index contributed by atoms with van der Waals surface area (Å²) in [6.45, 7) is 5.17. The van der Waals surface area contributed by atoms with Crippen LogP contribution in [0, 0.1) is 0 Å². The van der Waals surface area contributed by atoms with E-state index in [1.807, 2.05) is 90.0 Å². The third-order valence-electron chi connectivity index (χ3n) is 8.12. The number of thioether (sulfide) groups is 1. The van der Waals surface area contributed by atoms with E-state index in [0.29, 0.717) is 18.1 Å². The van der Waals surface area contributed by atoms with Crippen molar-refractivity contribution in [2.45, 2.75) is 35.1 Å². The predicted molar refractivity (Wildman–Crippen MR) is 168 cm³/mol. The number of likely N-dealkylation sites (tertiary alicyclic amines) is 1. The molecule has 42 heavy (non-hydrogen) atoms. The minimum Gasteiger partial charge on any atom is -0.379 e. The first-order chi connectivity index (χ1) is 20.5. The molecular formula is C33H35ClN4O3S. The number of nitrogens with zero attached hydrogens (tertiary/aromatic N) is 2. The number of aromatic amines is 1. The monoisotopic (exact) mass is 602 g/mol. The number of hydrogen-bond donors (Lipinski definition) is 2. The summed E-state index contributed by atoms with van der Waals surface area (Å²) in [6.07, 6.45) is 2.86. The summed E-state index contributed by atoms with van der Waals surface area (Å²) >= 11 is 7.81. The number of carbonyl (C=O) groups is 2. The topological polar surface area (TPSA) is 77.7 Å². The molecule has 4 aromatic rings. The molecule has 0 spiro atoms. The fourth-order valence-corrected chi connectivity index (χ4v) is 7.68. The van der Waals surface area contributed by atoms with Crippen LogP contribution in [0.2, 0.25) is 5.02 Å². The molecule has 3 aromatic carbocycles. The van der Waals surface area contributed by atoms with Gasteiger partial charge in [0.2, 0.25) is 11.8 Å². The molecule has 2 aliphatic rings. The Morgan fingerprint density at radius 2 is 1.79 bits per heavy atom. The van der Waals surface area contributed by atoms with Crippen LogP contribution in [0.15, 0.2) is 90.0 Å². The summed E-state index contributed by atoms with van der Waals surface area (Å²) in [5, 5.41) is 4.83. The van der Waals surface area contributed by atoms with Crippen molar-refractivity contribution in [1.29, 1.82) is 0 Å². The molecule has 3 heterocycles. The number of rotatable bonds is 10. The molecule has 218 valence electrons. The van der Waals surface area contributed by atoms with Crippen LogP contribution < -0.4 is 5.32 Å². The van der Waals surface area contributed by atoms with Crippen molar-refractivity contribution >= 4 is 46.1 Å². The minimum absolute atomic E-state index is 0.0425. The van der Waals surface area contributed by atoms with Crippen LogP contribution >= 0.6 is 23.4 Å². The standard InChI is InChI=1S/C33H35ClN4O3S/c34-25-12-13-27-28(22-36-29(27)20-25)31-33(42-26-10-5-2-6-11-26,21-30(39)38(31)23-24-8-3-1-4-9-24)32(40)35-14-7-15-37-16-18-41-19-17-37/h1-6,8-13,20,22,31,36H,7,14-19,21,23H2,(H,35,40)/t31-,33+/m0/s1. The van der Waals surface area contributed by atoms with Crippen LogP contribution in [0.5, 0.6) is 0 Å². The quantitative estimate of drug-likeness (QED) is 0.229. The molecule has 7 nitrogen and oxygen atoms in total. The fraction of sp³-hybridized carbons (Fsp3) is 0.333. The largest absolute Gasteiger partial charge is 0.379 e. The van der Waals surface area contributed by atoms with Gasteiger partial charge in [-0.05, 0) is 42.8 Å². The molecule has 2 saturated heterocycles. The third kappa shape index (κ3) is 6.08. The molecule has 2 amide bonds. The second-order valence-electron chi connectivity index (χ2n) is 10.9. The highest BCUT2D eigenvalue weighted by molar-refractivity contribution is 8.01. The number of halogens is 1. The number of aromatic nitrogens is 1. The van der Waals surface area contributed by atoms with E-state index in [1.54, 1.807) is 0 Å². The average molecular weight is 603 g/mol. The highest BCUT2D eigenvalue weighted by Gasteiger charge is 2.58. The summed E-state index contributed by atoms with van der Waals surface area (Å²) in [6, 6.07) is 25.1. The van der Waals surface area contributed by atoms with Gasteiger partial charge in [-0.3, -0.25) is 14.5 Å². The van der Waals surface area contributed by atoms with Crippen LogP contribution in [0.3, 0.4) is 0 Å². The molecule has 2 N–H and O–H groups in total. The van der Waals surface area contributed by atoms with Gasteiger partial charge in [-0.15, -0.1) is 11.8 Å². The van der Waals surface area contributed by atoms with Gasteiger partial charge in [-0.2, -0.15) is 0 Å². The molecule has 6 rings (SSSR count). The summed E-state index contributed by atoms with van der Waals surface area (Å²) in [5.74, 6) is -0.158. The van der Waals surface area contributed by atoms with Crippen molar-refractivity contribution in [3.8, 4) is 0 Å². The van der Waals surface area contributed by atoms with Crippen molar-refractivity contribution in [1.82, 2.24) is 20.1 Å². The lowest BCUT2D eigenvalue weighted by molar-refractivity contribution is -0.129. The first-order valence-electron chi connectivity index (χ1n) is 14.5. The number of ether oxygens (including phenoxy) is 1. The number of fused-ring (bicyclic) bond motifs is 1. The number of nitrogens with one attached hydrogen (secondary N) is 2. The van der Waals surface area contributed by atoms with Gasteiger partial charge in [-0.1, -0.05) is 66.2 Å². The number of carbonyl (C=O) groups excluding carboxylic acids is 2.